The second-order valence-electron chi connectivity index (χ2n) is 3.68. The molecule has 0 aromatic carbocycles. The summed E-state index contributed by atoms with van der Waals surface area (Å²) in [7, 11) is 0. The molecule has 0 aromatic rings. The first kappa shape index (κ1) is 15.0. The molecular formula is C9H19ClN2O2S. The maximum atomic E-state index is 11.7. The summed E-state index contributed by atoms with van der Waals surface area (Å²) in [6.45, 7) is 1.57. The van der Waals surface area contributed by atoms with Gasteiger partial charge in [0.05, 0.1) is 6.04 Å². The maximum absolute atomic E-state index is 11.7. The number of thioether (sulfide) groups is 1. The van der Waals surface area contributed by atoms with Crippen LogP contribution in [0.1, 0.15) is 6.42 Å². The van der Waals surface area contributed by atoms with Gasteiger partial charge in [-0.25, -0.2) is 0 Å². The van der Waals surface area contributed by atoms with Gasteiger partial charge >= 0.3 is 0 Å². The molecule has 0 aliphatic carbocycles. The van der Waals surface area contributed by atoms with E-state index in [9.17, 15) is 4.79 Å². The van der Waals surface area contributed by atoms with Crippen molar-refractivity contribution < 1.29 is 9.90 Å². The third-order valence-electron chi connectivity index (χ3n) is 2.52. The molecule has 1 rings (SSSR count). The third kappa shape index (κ3) is 4.18. The lowest BCUT2D eigenvalue weighted by atomic mass is 10.1. The minimum Gasteiger partial charge on any atom is -0.396 e. The number of amides is 1. The third-order valence-corrected chi connectivity index (χ3v) is 3.21. The van der Waals surface area contributed by atoms with Crippen molar-refractivity contribution in [3.8, 4) is 0 Å². The van der Waals surface area contributed by atoms with Crippen LogP contribution < -0.4 is 5.73 Å². The van der Waals surface area contributed by atoms with Crippen LogP contribution in [0.2, 0.25) is 0 Å². The van der Waals surface area contributed by atoms with Gasteiger partial charge in [0.15, 0.2) is 0 Å². The first-order valence-corrected chi connectivity index (χ1v) is 6.22. The molecule has 0 aromatic heterocycles. The summed E-state index contributed by atoms with van der Waals surface area (Å²) in [5, 5.41) is 8.93. The molecule has 1 heterocycles. The van der Waals surface area contributed by atoms with Crippen molar-refractivity contribution >= 4 is 30.1 Å². The molecule has 1 fully saturated rings. The van der Waals surface area contributed by atoms with Crippen molar-refractivity contribution in [3.05, 3.63) is 0 Å². The van der Waals surface area contributed by atoms with Crippen molar-refractivity contribution in [1.82, 2.24) is 4.90 Å². The van der Waals surface area contributed by atoms with Crippen molar-refractivity contribution in [2.75, 3.05) is 31.7 Å². The minimum atomic E-state index is -0.387. The number of hydrogen-bond acceptors (Lipinski definition) is 4. The Labute approximate surface area is 101 Å². The van der Waals surface area contributed by atoms with Gasteiger partial charge in [-0.3, -0.25) is 4.79 Å². The molecule has 1 amide bonds. The number of hydrogen-bond donors (Lipinski definition) is 2. The standard InChI is InChI=1S/C9H18N2O2S.ClH/c1-14-6-8(10)9(13)11-3-2-7(4-11)5-12;/h7-8,12H,2-6,10H2,1H3;1H. The zero-order valence-electron chi connectivity index (χ0n) is 8.89. The van der Waals surface area contributed by atoms with Crippen LogP contribution in [0.15, 0.2) is 0 Å². The molecule has 1 aliphatic rings. The number of halogens is 1. The van der Waals surface area contributed by atoms with E-state index in [2.05, 4.69) is 0 Å². The Hall–Kier alpha value is 0.0300. The van der Waals surface area contributed by atoms with E-state index in [-0.39, 0.29) is 36.9 Å². The molecule has 0 radical (unpaired) electrons. The van der Waals surface area contributed by atoms with E-state index in [1.54, 1.807) is 16.7 Å². The highest BCUT2D eigenvalue weighted by Crippen LogP contribution is 2.16. The molecule has 15 heavy (non-hydrogen) atoms. The lowest BCUT2D eigenvalue weighted by Crippen LogP contribution is -2.44. The maximum Gasteiger partial charge on any atom is 0.240 e. The normalized spacial score (nSPS) is 22.3. The number of aliphatic hydroxyl groups excluding tert-OH is 1. The van der Waals surface area contributed by atoms with Crippen LogP contribution in [0.4, 0.5) is 0 Å². The lowest BCUT2D eigenvalue weighted by Gasteiger charge is -2.20. The number of rotatable bonds is 4. The molecule has 2 unspecified atom stereocenters. The quantitative estimate of drug-likeness (QED) is 0.738. The van der Waals surface area contributed by atoms with Gasteiger partial charge in [-0.15, -0.1) is 12.4 Å². The molecule has 6 heteroatoms. The molecule has 3 N–H and O–H groups in total. The zero-order chi connectivity index (χ0) is 10.6. The molecule has 1 saturated heterocycles. The summed E-state index contributed by atoms with van der Waals surface area (Å²) < 4.78 is 0. The fourth-order valence-corrected chi connectivity index (χ4v) is 2.17. The highest BCUT2D eigenvalue weighted by atomic mass is 35.5. The molecule has 4 nitrogen and oxygen atoms in total. The van der Waals surface area contributed by atoms with Crippen LogP contribution in [0.3, 0.4) is 0 Å². The zero-order valence-corrected chi connectivity index (χ0v) is 10.5. The Kier molecular flexibility index (Phi) is 7.34. The summed E-state index contributed by atoms with van der Waals surface area (Å²) in [5.74, 6) is 0.940. The Bertz CT molecular complexity index is 207. The minimum absolute atomic E-state index is 0. The monoisotopic (exact) mass is 254 g/mol. The second-order valence-corrected chi connectivity index (χ2v) is 4.59. The highest BCUT2D eigenvalue weighted by molar-refractivity contribution is 7.98. The number of nitrogens with zero attached hydrogens (tertiary/aromatic N) is 1. The Morgan fingerprint density at radius 2 is 2.40 bits per heavy atom. The Morgan fingerprint density at radius 1 is 1.73 bits per heavy atom. The van der Waals surface area contributed by atoms with Crippen molar-refractivity contribution in [2.24, 2.45) is 11.7 Å². The van der Waals surface area contributed by atoms with E-state index in [0.29, 0.717) is 12.3 Å². The van der Waals surface area contributed by atoms with E-state index in [1.165, 1.54) is 0 Å². The summed E-state index contributed by atoms with van der Waals surface area (Å²) in [4.78, 5) is 13.5. The van der Waals surface area contributed by atoms with Gasteiger partial charge in [-0.05, 0) is 12.7 Å². The number of aliphatic hydroxyl groups is 1. The number of likely N-dealkylation sites (tertiary alicyclic amines) is 1. The molecule has 0 spiro atoms. The van der Waals surface area contributed by atoms with Crippen LogP contribution in [0.5, 0.6) is 0 Å². The lowest BCUT2D eigenvalue weighted by molar-refractivity contribution is -0.131. The predicted molar refractivity (Wildman–Crippen MR) is 65.4 cm³/mol. The van der Waals surface area contributed by atoms with Gasteiger partial charge < -0.3 is 15.7 Å². The second kappa shape index (κ2) is 7.33. The average Bonchev–Trinajstić information content (AvgIpc) is 2.65. The number of carbonyl (C=O) groups is 1. The number of nitrogens with two attached hydrogens (primary N) is 1. The van der Waals surface area contributed by atoms with Crippen LogP contribution in [0.25, 0.3) is 0 Å². The van der Waals surface area contributed by atoms with Crippen LogP contribution >= 0.6 is 24.2 Å². The summed E-state index contributed by atoms with van der Waals surface area (Å²) in [6, 6.07) is -0.387. The molecule has 90 valence electrons. The fraction of sp³-hybridized carbons (Fsp3) is 0.889. The van der Waals surface area contributed by atoms with Crippen LogP contribution in [-0.4, -0.2) is 53.7 Å². The topological polar surface area (TPSA) is 66.6 Å². The van der Waals surface area contributed by atoms with Crippen molar-refractivity contribution in [2.45, 2.75) is 12.5 Å². The average molecular weight is 255 g/mol. The van der Waals surface area contributed by atoms with Gasteiger partial charge in [0, 0.05) is 31.4 Å². The Morgan fingerprint density at radius 3 is 2.87 bits per heavy atom. The molecular weight excluding hydrogens is 236 g/mol. The van der Waals surface area contributed by atoms with E-state index >= 15 is 0 Å². The fourth-order valence-electron chi connectivity index (χ4n) is 1.67. The molecule has 2 atom stereocenters. The molecule has 1 aliphatic heterocycles. The van der Waals surface area contributed by atoms with E-state index in [0.717, 1.165) is 13.0 Å². The summed E-state index contributed by atoms with van der Waals surface area (Å²) in [6.07, 6.45) is 2.84. The van der Waals surface area contributed by atoms with Crippen molar-refractivity contribution in [3.63, 3.8) is 0 Å². The Balaban J connectivity index is 0.00000196. The molecule has 0 saturated carbocycles. The van der Waals surface area contributed by atoms with E-state index in [1.807, 2.05) is 6.26 Å². The predicted octanol–water partition coefficient (Wildman–Crippen LogP) is -0.0607. The highest BCUT2D eigenvalue weighted by Gasteiger charge is 2.28. The first-order valence-electron chi connectivity index (χ1n) is 4.83. The van der Waals surface area contributed by atoms with Gasteiger partial charge in [0.2, 0.25) is 5.91 Å². The number of carbonyl (C=O) groups excluding carboxylic acids is 1. The smallest absolute Gasteiger partial charge is 0.240 e. The van der Waals surface area contributed by atoms with Crippen LogP contribution in [0, 0.1) is 5.92 Å². The van der Waals surface area contributed by atoms with Gasteiger partial charge in [0.25, 0.3) is 0 Å². The van der Waals surface area contributed by atoms with E-state index in [4.69, 9.17) is 10.8 Å². The first-order chi connectivity index (χ1) is 6.69. The summed E-state index contributed by atoms with van der Waals surface area (Å²) in [5.41, 5.74) is 5.72. The SMILES string of the molecule is CSCC(N)C(=O)N1CCC(CO)C1.Cl. The molecule has 0 bridgehead atoms. The van der Waals surface area contributed by atoms with Crippen molar-refractivity contribution in [1.29, 1.82) is 0 Å². The van der Waals surface area contributed by atoms with Gasteiger partial charge in [-0.1, -0.05) is 0 Å². The summed E-state index contributed by atoms with van der Waals surface area (Å²) >= 11 is 1.58. The van der Waals surface area contributed by atoms with E-state index < -0.39 is 0 Å². The van der Waals surface area contributed by atoms with Crippen LogP contribution in [-0.2, 0) is 4.79 Å². The van der Waals surface area contributed by atoms with Gasteiger partial charge in [0.1, 0.15) is 0 Å². The largest absolute Gasteiger partial charge is 0.396 e. The van der Waals surface area contributed by atoms with Gasteiger partial charge in [-0.2, -0.15) is 11.8 Å².